The smallest absolute Gasteiger partial charge is 0.362 e. The molecule has 0 aromatic carbocycles. The summed E-state index contributed by atoms with van der Waals surface area (Å²) in [5.74, 6) is 1.97. The topological polar surface area (TPSA) is 26.3 Å². The van der Waals surface area contributed by atoms with Crippen LogP contribution in [0.4, 0.5) is 0 Å². The molecule has 0 aromatic heterocycles. The number of esters is 1. The lowest BCUT2D eigenvalue weighted by molar-refractivity contribution is -0.901. The van der Waals surface area contributed by atoms with Crippen LogP contribution in [0.2, 0.25) is 0 Å². The van der Waals surface area contributed by atoms with Gasteiger partial charge in [0.05, 0.1) is 14.1 Å². The molecule has 96 valence electrons. The molecule has 0 fully saturated rings. The van der Waals surface area contributed by atoms with Crippen molar-refractivity contribution in [3.05, 3.63) is 25.3 Å². The fourth-order valence-electron chi connectivity index (χ4n) is 1.46. The number of hydrogen-bond donors (Lipinski definition) is 0. The van der Waals surface area contributed by atoms with Gasteiger partial charge in [0, 0.05) is 6.42 Å². The minimum atomic E-state index is -0.293. The summed E-state index contributed by atoms with van der Waals surface area (Å²) in [6.45, 7) is 7.75. The highest BCUT2D eigenvalue weighted by Crippen LogP contribution is 2.12. The van der Waals surface area contributed by atoms with E-state index in [1.165, 1.54) is 0 Å². The van der Waals surface area contributed by atoms with Gasteiger partial charge < -0.3 is 21.6 Å². The van der Waals surface area contributed by atoms with Crippen LogP contribution in [-0.4, -0.2) is 43.7 Å². The summed E-state index contributed by atoms with van der Waals surface area (Å²) in [6.07, 6.45) is 9.44. The van der Waals surface area contributed by atoms with Gasteiger partial charge in [0.1, 0.15) is 6.04 Å². The second kappa shape index (κ2) is 8.86. The Morgan fingerprint density at radius 2 is 2.12 bits per heavy atom. The van der Waals surface area contributed by atoms with Gasteiger partial charge >= 0.3 is 5.97 Å². The van der Waals surface area contributed by atoms with Crippen LogP contribution in [0.15, 0.2) is 25.3 Å². The van der Waals surface area contributed by atoms with Crippen molar-refractivity contribution in [2.24, 2.45) is 0 Å². The standard InChI is InChI=1S/C13H20NO2.ClH/c1-6-9-12(8-3)14(4,5)11-13(15)16-10-7-2;/h2,6,8,12H,1,3,9-11H2,4-5H3;1H/q+1;/p-1. The number of hydrogen-bond acceptors (Lipinski definition) is 2. The fourth-order valence-corrected chi connectivity index (χ4v) is 1.46. The molecular weight excluding hydrogens is 238 g/mol. The summed E-state index contributed by atoms with van der Waals surface area (Å²) in [5, 5.41) is 0. The highest BCUT2D eigenvalue weighted by Gasteiger charge is 2.28. The molecule has 0 aromatic rings. The van der Waals surface area contributed by atoms with Crippen molar-refractivity contribution in [2.75, 3.05) is 27.2 Å². The van der Waals surface area contributed by atoms with Crippen molar-refractivity contribution < 1.29 is 26.4 Å². The fraction of sp³-hybridized carbons (Fsp3) is 0.462. The number of terminal acetylenes is 1. The van der Waals surface area contributed by atoms with Crippen LogP contribution in [0.5, 0.6) is 0 Å². The number of ether oxygens (including phenoxy) is 1. The number of carbonyl (C=O) groups is 1. The molecule has 4 heteroatoms. The third-order valence-electron chi connectivity index (χ3n) is 2.43. The molecule has 0 rings (SSSR count). The number of halogens is 1. The monoisotopic (exact) mass is 257 g/mol. The van der Waals surface area contributed by atoms with E-state index in [0.717, 1.165) is 6.42 Å². The highest BCUT2D eigenvalue weighted by atomic mass is 35.5. The minimum absolute atomic E-state index is 0. The molecule has 0 radical (unpaired) electrons. The molecule has 1 unspecified atom stereocenters. The lowest BCUT2D eigenvalue weighted by Crippen LogP contribution is -3.00. The Balaban J connectivity index is 0. The van der Waals surface area contributed by atoms with E-state index in [1.54, 1.807) is 0 Å². The molecule has 0 N–H and O–H groups in total. The summed E-state index contributed by atoms with van der Waals surface area (Å²) < 4.78 is 5.33. The SMILES string of the molecule is C#CCOC(=O)C[N+](C)(C)C(C=C)CC=C.[Cl-]. The van der Waals surface area contributed by atoms with Crippen molar-refractivity contribution >= 4 is 5.97 Å². The van der Waals surface area contributed by atoms with Crippen LogP contribution >= 0.6 is 0 Å². The predicted octanol–water partition coefficient (Wildman–Crippen LogP) is -1.63. The van der Waals surface area contributed by atoms with Crippen molar-refractivity contribution in [3.8, 4) is 12.3 Å². The molecule has 0 aliphatic rings. The molecule has 0 aliphatic carbocycles. The van der Waals surface area contributed by atoms with E-state index in [9.17, 15) is 4.79 Å². The number of carbonyl (C=O) groups excluding carboxylic acids is 1. The number of quaternary nitrogens is 1. The van der Waals surface area contributed by atoms with Gasteiger partial charge in [-0.05, 0) is 6.08 Å². The lowest BCUT2D eigenvalue weighted by Gasteiger charge is -2.34. The quantitative estimate of drug-likeness (QED) is 0.237. The minimum Gasteiger partial charge on any atom is -1.00 e. The van der Waals surface area contributed by atoms with Crippen LogP contribution in [0.3, 0.4) is 0 Å². The van der Waals surface area contributed by atoms with Gasteiger partial charge in [-0.15, -0.1) is 13.0 Å². The van der Waals surface area contributed by atoms with Gasteiger partial charge in [0.25, 0.3) is 0 Å². The number of rotatable bonds is 7. The molecule has 0 heterocycles. The second-order valence-electron chi connectivity index (χ2n) is 4.13. The molecule has 0 bridgehead atoms. The number of nitrogens with zero attached hydrogens (tertiary/aromatic N) is 1. The van der Waals surface area contributed by atoms with Gasteiger partial charge in [0.2, 0.25) is 0 Å². The van der Waals surface area contributed by atoms with Crippen molar-refractivity contribution in [2.45, 2.75) is 12.5 Å². The lowest BCUT2D eigenvalue weighted by atomic mass is 10.1. The average molecular weight is 258 g/mol. The van der Waals surface area contributed by atoms with Crippen LogP contribution < -0.4 is 12.4 Å². The normalized spacial score (nSPS) is 11.6. The van der Waals surface area contributed by atoms with Gasteiger partial charge in [0.15, 0.2) is 13.2 Å². The Labute approximate surface area is 110 Å². The number of likely N-dealkylation sites (N-methyl/N-ethyl adjacent to an activating group) is 1. The zero-order valence-electron chi connectivity index (χ0n) is 10.5. The summed E-state index contributed by atoms with van der Waals surface area (Å²) >= 11 is 0. The molecular formula is C13H20ClNO2. The Morgan fingerprint density at radius 1 is 1.53 bits per heavy atom. The molecule has 0 aliphatic heterocycles. The summed E-state index contributed by atoms with van der Waals surface area (Å²) in [6, 6.07) is 0.149. The first-order valence-corrected chi connectivity index (χ1v) is 5.13. The van der Waals surface area contributed by atoms with E-state index in [1.807, 2.05) is 26.2 Å². The molecule has 0 spiro atoms. The van der Waals surface area contributed by atoms with Gasteiger partial charge in [-0.2, -0.15) is 0 Å². The molecule has 1 atom stereocenters. The highest BCUT2D eigenvalue weighted by molar-refractivity contribution is 5.70. The second-order valence-corrected chi connectivity index (χ2v) is 4.13. The van der Waals surface area contributed by atoms with Crippen LogP contribution in [0, 0.1) is 12.3 Å². The zero-order valence-corrected chi connectivity index (χ0v) is 11.2. The van der Waals surface area contributed by atoms with Gasteiger partial charge in [-0.25, -0.2) is 4.79 Å². The van der Waals surface area contributed by atoms with Crippen molar-refractivity contribution in [3.63, 3.8) is 0 Å². The summed E-state index contributed by atoms with van der Waals surface area (Å²) in [4.78, 5) is 11.4. The van der Waals surface area contributed by atoms with E-state index in [2.05, 4.69) is 19.1 Å². The Kier molecular flexibility index (Phi) is 9.45. The maximum absolute atomic E-state index is 11.4. The molecule has 0 saturated carbocycles. The van der Waals surface area contributed by atoms with Crippen LogP contribution in [0.1, 0.15) is 6.42 Å². The van der Waals surface area contributed by atoms with Crippen molar-refractivity contribution in [1.82, 2.24) is 0 Å². The van der Waals surface area contributed by atoms with Gasteiger partial charge in [-0.3, -0.25) is 0 Å². The largest absolute Gasteiger partial charge is 1.00 e. The average Bonchev–Trinajstić information content (AvgIpc) is 2.22. The van der Waals surface area contributed by atoms with E-state index >= 15 is 0 Å². The molecule has 0 saturated heterocycles. The Hall–Kier alpha value is -1.24. The maximum atomic E-state index is 11.4. The van der Waals surface area contributed by atoms with Gasteiger partial charge in [-0.1, -0.05) is 18.6 Å². The molecule has 17 heavy (non-hydrogen) atoms. The van der Waals surface area contributed by atoms with E-state index in [-0.39, 0.29) is 37.6 Å². The third-order valence-corrected chi connectivity index (χ3v) is 2.43. The van der Waals surface area contributed by atoms with E-state index < -0.39 is 0 Å². The Bertz CT molecular complexity index is 305. The Morgan fingerprint density at radius 3 is 2.53 bits per heavy atom. The van der Waals surface area contributed by atoms with E-state index in [0.29, 0.717) is 4.48 Å². The maximum Gasteiger partial charge on any atom is 0.362 e. The zero-order chi connectivity index (χ0) is 12.6. The predicted molar refractivity (Wildman–Crippen MR) is 65.6 cm³/mol. The molecule has 0 amide bonds. The summed E-state index contributed by atoms with van der Waals surface area (Å²) in [7, 11) is 3.90. The first kappa shape index (κ1) is 18.1. The van der Waals surface area contributed by atoms with Crippen molar-refractivity contribution in [1.29, 1.82) is 0 Å². The van der Waals surface area contributed by atoms with Crippen LogP contribution in [-0.2, 0) is 9.53 Å². The van der Waals surface area contributed by atoms with Crippen LogP contribution in [0.25, 0.3) is 0 Å². The first-order valence-electron chi connectivity index (χ1n) is 5.13. The third kappa shape index (κ3) is 6.83. The first-order chi connectivity index (χ1) is 7.47. The molecule has 3 nitrogen and oxygen atoms in total. The van der Waals surface area contributed by atoms with E-state index in [4.69, 9.17) is 11.2 Å². The summed E-state index contributed by atoms with van der Waals surface area (Å²) in [5.41, 5.74) is 0.